The molecule has 1 atom stereocenters. The lowest BCUT2D eigenvalue weighted by atomic mass is 9.94. The summed E-state index contributed by atoms with van der Waals surface area (Å²) in [5.41, 5.74) is 6.89. The number of hydrogen-bond acceptors (Lipinski definition) is 7. The molecule has 4 N–H and O–H groups in total. The van der Waals surface area contributed by atoms with Crippen LogP contribution in [0.1, 0.15) is 72.4 Å². The number of amides is 1. The number of carbonyl (C=O) groups excluding carboxylic acids is 1. The third-order valence-electron chi connectivity index (χ3n) is 9.16. The maximum atomic E-state index is 13.6. The number of aliphatic carboxylic acids is 1. The maximum Gasteiger partial charge on any atom is 0.407 e. The van der Waals surface area contributed by atoms with E-state index in [1.807, 2.05) is 69.3 Å². The molecule has 2 aliphatic rings. The Morgan fingerprint density at radius 3 is 2.23 bits per heavy atom. The van der Waals surface area contributed by atoms with Crippen LogP contribution in [0.4, 0.5) is 4.79 Å². The summed E-state index contributed by atoms with van der Waals surface area (Å²) in [4.78, 5) is 28.9. The second-order valence-corrected chi connectivity index (χ2v) is 14.6. The molecule has 0 saturated carbocycles. The third kappa shape index (κ3) is 7.13. The van der Waals surface area contributed by atoms with Crippen molar-refractivity contribution in [3.63, 3.8) is 0 Å². The summed E-state index contributed by atoms with van der Waals surface area (Å²) in [7, 11) is -2.50. The van der Waals surface area contributed by atoms with Gasteiger partial charge in [0.1, 0.15) is 24.0 Å². The fourth-order valence-corrected chi connectivity index (χ4v) is 8.31. The van der Waals surface area contributed by atoms with Crippen LogP contribution in [0, 0.1) is 20.8 Å². The minimum absolute atomic E-state index is 0.0788. The van der Waals surface area contributed by atoms with Gasteiger partial charge in [0.15, 0.2) is 0 Å². The van der Waals surface area contributed by atoms with Gasteiger partial charge in [-0.3, -0.25) is 4.99 Å². The van der Waals surface area contributed by atoms with E-state index >= 15 is 0 Å². The van der Waals surface area contributed by atoms with Crippen LogP contribution in [0.5, 0.6) is 5.75 Å². The molecular weight excluding hydrogens is 632 g/mol. The van der Waals surface area contributed by atoms with E-state index in [2.05, 4.69) is 20.3 Å². The Morgan fingerprint density at radius 1 is 1.00 bits per heavy atom. The third-order valence-corrected chi connectivity index (χ3v) is 10.8. The van der Waals surface area contributed by atoms with Crippen molar-refractivity contribution in [1.82, 2.24) is 15.4 Å². The van der Waals surface area contributed by atoms with Crippen LogP contribution < -0.4 is 20.1 Å². The Hall–Kier alpha value is -4.58. The quantitative estimate of drug-likeness (QED) is 0.121. The molecular formula is C36H44N4O7S. The summed E-state index contributed by atoms with van der Waals surface area (Å²) in [6.07, 6.45) is 0.920. The van der Waals surface area contributed by atoms with Gasteiger partial charge in [0.25, 0.3) is 10.0 Å². The fraction of sp³-hybridized carbons (Fsp3) is 0.417. The van der Waals surface area contributed by atoms with Crippen LogP contribution in [0.15, 0.2) is 58.4 Å². The van der Waals surface area contributed by atoms with Gasteiger partial charge in [-0.15, -0.1) is 0 Å². The number of nitrogens with one attached hydrogen (secondary N) is 3. The number of hydrogen-bond donors (Lipinski definition) is 4. The van der Waals surface area contributed by atoms with Crippen molar-refractivity contribution in [2.75, 3.05) is 20.2 Å². The maximum absolute atomic E-state index is 13.6. The van der Waals surface area contributed by atoms with Gasteiger partial charge in [-0.05, 0) is 92.8 Å². The zero-order valence-corrected chi connectivity index (χ0v) is 29.1. The summed E-state index contributed by atoms with van der Waals surface area (Å²) >= 11 is 0. The lowest BCUT2D eigenvalue weighted by molar-refractivity contribution is -0.139. The van der Waals surface area contributed by atoms with Crippen LogP contribution in [0.2, 0.25) is 0 Å². The number of carboxylic acid groups (broad SMARTS) is 1. The van der Waals surface area contributed by atoms with Crippen molar-refractivity contribution in [3.8, 4) is 16.9 Å². The molecule has 0 unspecified atom stereocenters. The van der Waals surface area contributed by atoms with Gasteiger partial charge in [0.05, 0.1) is 4.90 Å². The van der Waals surface area contributed by atoms with Crippen LogP contribution in [0.3, 0.4) is 0 Å². The summed E-state index contributed by atoms with van der Waals surface area (Å²) in [6, 6.07) is 14.8. The number of benzene rings is 3. The number of carbonyl (C=O) groups is 2. The molecule has 1 aliphatic carbocycles. The molecule has 11 nitrogen and oxygen atoms in total. The zero-order chi connectivity index (χ0) is 34.8. The molecule has 0 saturated heterocycles. The van der Waals surface area contributed by atoms with Gasteiger partial charge < -0.3 is 25.2 Å². The van der Waals surface area contributed by atoms with Crippen molar-refractivity contribution in [2.45, 2.75) is 82.8 Å². The van der Waals surface area contributed by atoms with E-state index in [4.69, 9.17) is 9.47 Å². The van der Waals surface area contributed by atoms with E-state index in [1.165, 1.54) is 7.05 Å². The summed E-state index contributed by atoms with van der Waals surface area (Å²) < 4.78 is 41.4. The first kappa shape index (κ1) is 34.7. The number of fused-ring (bicyclic) bond motifs is 4. The number of nitrogens with zero attached hydrogens (tertiary/aromatic N) is 1. The highest BCUT2D eigenvalue weighted by Crippen LogP contribution is 2.45. The van der Waals surface area contributed by atoms with E-state index in [0.29, 0.717) is 36.9 Å². The van der Waals surface area contributed by atoms with E-state index in [9.17, 15) is 23.1 Å². The molecule has 1 amide bonds. The second-order valence-electron chi connectivity index (χ2n) is 13.0. The van der Waals surface area contributed by atoms with Crippen molar-refractivity contribution < 1.29 is 32.6 Å². The molecule has 0 radical (unpaired) electrons. The number of rotatable bonds is 11. The molecule has 1 heterocycles. The number of sulfonamides is 1. The number of unbranched alkanes of at least 4 members (excludes halogenated alkanes) is 1. The van der Waals surface area contributed by atoms with E-state index in [0.717, 1.165) is 39.1 Å². The van der Waals surface area contributed by atoms with Crippen molar-refractivity contribution in [1.29, 1.82) is 0 Å². The molecule has 3 aromatic carbocycles. The highest BCUT2D eigenvalue weighted by Gasteiger charge is 2.37. The molecule has 5 rings (SSSR count). The standard InChI is InChI=1S/C36H44N4O7S/c1-21-22(2)32(23(3)28-19-36(4,5)47-31(21)28)48(44,45)40-34(37-6)38-18-12-11-17-30(33(41)42)39-35(43)46-20-29-26-15-9-7-13-24(26)25-14-8-10-16-27(25)29/h7-10,13-16,29-30H,11-12,17-20H2,1-6H3,(H,39,43)(H,41,42)(H2,37,38,40)/t30-/m1/s1. The highest BCUT2D eigenvalue weighted by molar-refractivity contribution is 7.90. The van der Waals surface area contributed by atoms with Crippen molar-refractivity contribution >= 4 is 28.0 Å². The summed E-state index contributed by atoms with van der Waals surface area (Å²) in [5.74, 6) is -0.464. The number of aliphatic imine (C=N–C) groups is 1. The van der Waals surface area contributed by atoms with Crippen molar-refractivity contribution in [3.05, 3.63) is 81.9 Å². The SMILES string of the molecule is CN=C(NCCCC[C@@H](NC(=O)OCC1c2ccccc2-c2ccccc21)C(=O)O)NS(=O)(=O)c1c(C)c(C)c2c(c1C)CC(C)(C)O2. The number of ether oxygens (including phenoxy) is 2. The zero-order valence-electron chi connectivity index (χ0n) is 28.3. The second kappa shape index (κ2) is 13.9. The molecule has 12 heteroatoms. The van der Waals surface area contributed by atoms with Crippen LogP contribution in [-0.2, 0) is 26.0 Å². The molecule has 0 fully saturated rings. The van der Waals surface area contributed by atoms with Gasteiger partial charge in [-0.2, -0.15) is 0 Å². The predicted octanol–water partition coefficient (Wildman–Crippen LogP) is 5.34. The number of alkyl carbamates (subject to hydrolysis) is 1. The fourth-order valence-electron chi connectivity index (χ4n) is 6.71. The first-order chi connectivity index (χ1) is 22.7. The molecule has 0 spiro atoms. The minimum Gasteiger partial charge on any atom is -0.487 e. The predicted molar refractivity (Wildman–Crippen MR) is 184 cm³/mol. The van der Waals surface area contributed by atoms with E-state index < -0.39 is 33.7 Å². The van der Waals surface area contributed by atoms with E-state index in [1.54, 1.807) is 13.8 Å². The monoisotopic (exact) mass is 676 g/mol. The van der Waals surface area contributed by atoms with Gasteiger partial charge in [0, 0.05) is 31.5 Å². The lowest BCUT2D eigenvalue weighted by Crippen LogP contribution is -2.42. The van der Waals surface area contributed by atoms with Gasteiger partial charge in [-0.25, -0.2) is 22.7 Å². The Labute approximate surface area is 282 Å². The molecule has 48 heavy (non-hydrogen) atoms. The van der Waals surface area contributed by atoms with Gasteiger partial charge >= 0.3 is 12.1 Å². The smallest absolute Gasteiger partial charge is 0.407 e. The van der Waals surface area contributed by atoms with Crippen LogP contribution in [0.25, 0.3) is 11.1 Å². The van der Waals surface area contributed by atoms with Gasteiger partial charge in [-0.1, -0.05) is 48.5 Å². The summed E-state index contributed by atoms with van der Waals surface area (Å²) in [5, 5.41) is 15.2. The first-order valence-corrected chi connectivity index (χ1v) is 17.6. The number of carboxylic acids is 1. The van der Waals surface area contributed by atoms with Crippen LogP contribution >= 0.6 is 0 Å². The molecule has 1 aliphatic heterocycles. The van der Waals surface area contributed by atoms with Crippen LogP contribution in [-0.4, -0.2) is 63.4 Å². The topological polar surface area (TPSA) is 155 Å². The van der Waals surface area contributed by atoms with E-state index in [-0.39, 0.29) is 29.8 Å². The van der Waals surface area contributed by atoms with Gasteiger partial charge in [0.2, 0.25) is 5.96 Å². The largest absolute Gasteiger partial charge is 0.487 e. The summed E-state index contributed by atoms with van der Waals surface area (Å²) in [6.45, 7) is 9.82. The Bertz CT molecular complexity index is 1820. The molecule has 256 valence electrons. The Morgan fingerprint density at radius 2 is 1.62 bits per heavy atom. The Balaban J connectivity index is 1.11. The lowest BCUT2D eigenvalue weighted by Gasteiger charge is -2.20. The minimum atomic E-state index is -3.98. The first-order valence-electron chi connectivity index (χ1n) is 16.1. The molecule has 3 aromatic rings. The Kier molecular flexibility index (Phi) is 10.0. The highest BCUT2D eigenvalue weighted by atomic mass is 32.2. The average Bonchev–Trinajstić information content (AvgIpc) is 3.55. The molecule has 0 bridgehead atoms. The molecule has 0 aromatic heterocycles. The number of guanidine groups is 1. The van der Waals surface area contributed by atoms with Crippen molar-refractivity contribution in [2.24, 2.45) is 4.99 Å². The normalized spacial score (nSPS) is 15.5. The average molecular weight is 677 g/mol.